The molecule has 1 aliphatic rings. The molecule has 1 heterocycles. The predicted molar refractivity (Wildman–Crippen MR) is 162 cm³/mol. The van der Waals surface area contributed by atoms with Gasteiger partial charge in [-0.15, -0.1) is 0 Å². The number of esters is 1. The van der Waals surface area contributed by atoms with Crippen molar-refractivity contribution in [2.75, 3.05) is 39.8 Å². The van der Waals surface area contributed by atoms with Gasteiger partial charge in [-0.05, 0) is 79.6 Å². The topological polar surface area (TPSA) is 116 Å². The van der Waals surface area contributed by atoms with E-state index in [-0.39, 0.29) is 24.8 Å². The number of benzene rings is 3. The first-order valence-corrected chi connectivity index (χ1v) is 14.2. The number of anilines is 1. The van der Waals surface area contributed by atoms with E-state index < -0.39 is 11.2 Å². The van der Waals surface area contributed by atoms with Crippen LogP contribution in [-0.2, 0) is 20.7 Å². The summed E-state index contributed by atoms with van der Waals surface area (Å²) in [7, 11) is 4.74. The maximum Gasteiger partial charge on any atom is 0.338 e. The molecule has 11 heteroatoms. The van der Waals surface area contributed by atoms with Crippen LogP contribution < -0.4 is 19.5 Å². The minimum Gasteiger partial charge on any atom is -0.497 e. The molecule has 42 heavy (non-hydrogen) atoms. The molecule has 3 aromatic rings. The Balaban J connectivity index is 1.52. The van der Waals surface area contributed by atoms with Gasteiger partial charge in [0.15, 0.2) is 16.7 Å². The zero-order valence-electron chi connectivity index (χ0n) is 23.9. The van der Waals surface area contributed by atoms with Crippen molar-refractivity contribution in [3.8, 4) is 17.2 Å². The number of hydrogen-bond acceptors (Lipinski definition) is 9. The molecule has 220 valence electrons. The summed E-state index contributed by atoms with van der Waals surface area (Å²) < 4.78 is 21.0. The van der Waals surface area contributed by atoms with Crippen molar-refractivity contribution in [3.05, 3.63) is 77.9 Å². The van der Waals surface area contributed by atoms with Crippen LogP contribution in [0.15, 0.2) is 71.7 Å². The standard InChI is InChI=1S/C31H33N3O7S/c1-5-41-30(37)21-7-9-22(10-8-21)32-29(36)27-19-28(35)34(17-16-20-6-15-25(39-3)26(18-20)40-4)31(42-27)33-23-11-13-24(38-2)14-12-23/h6-15,18,27H,5,16-17,19H2,1-4H3,(H,32,36). The molecule has 0 aromatic heterocycles. The molecule has 0 saturated carbocycles. The van der Waals surface area contributed by atoms with Crippen LogP contribution >= 0.6 is 11.8 Å². The Morgan fingerprint density at radius 1 is 0.952 bits per heavy atom. The number of ether oxygens (including phenoxy) is 4. The van der Waals surface area contributed by atoms with Crippen LogP contribution in [-0.4, -0.2) is 67.6 Å². The van der Waals surface area contributed by atoms with Gasteiger partial charge in [0.25, 0.3) is 0 Å². The number of carbonyl (C=O) groups excluding carboxylic acids is 3. The van der Waals surface area contributed by atoms with Crippen molar-refractivity contribution in [3.63, 3.8) is 0 Å². The Hall–Kier alpha value is -4.51. The molecule has 0 bridgehead atoms. The lowest BCUT2D eigenvalue weighted by atomic mass is 10.1. The highest BCUT2D eigenvalue weighted by atomic mass is 32.2. The van der Waals surface area contributed by atoms with Gasteiger partial charge < -0.3 is 24.3 Å². The first kappa shape index (κ1) is 30.4. The van der Waals surface area contributed by atoms with Crippen molar-refractivity contribution in [1.82, 2.24) is 4.90 Å². The maximum absolute atomic E-state index is 13.4. The highest BCUT2D eigenvalue weighted by molar-refractivity contribution is 8.15. The molecule has 1 aliphatic heterocycles. The molecule has 0 radical (unpaired) electrons. The van der Waals surface area contributed by atoms with E-state index in [9.17, 15) is 14.4 Å². The SMILES string of the molecule is CCOC(=O)c1ccc(NC(=O)C2CC(=O)N(CCc3ccc(OC)c(OC)c3)C(=Nc3ccc(OC)cc3)S2)cc1. The summed E-state index contributed by atoms with van der Waals surface area (Å²) in [5, 5.41) is 2.57. The molecule has 1 saturated heterocycles. The molecule has 3 aromatic carbocycles. The zero-order chi connectivity index (χ0) is 30.1. The third kappa shape index (κ3) is 7.61. The van der Waals surface area contributed by atoms with Crippen LogP contribution in [0.25, 0.3) is 0 Å². The van der Waals surface area contributed by atoms with E-state index in [1.54, 1.807) is 81.7 Å². The molecule has 2 amide bonds. The zero-order valence-corrected chi connectivity index (χ0v) is 24.7. The molecule has 0 spiro atoms. The van der Waals surface area contributed by atoms with Crippen molar-refractivity contribution in [1.29, 1.82) is 0 Å². The van der Waals surface area contributed by atoms with Crippen LogP contribution in [0.2, 0.25) is 0 Å². The molecular formula is C31H33N3O7S. The van der Waals surface area contributed by atoms with Gasteiger partial charge in [0.1, 0.15) is 11.0 Å². The van der Waals surface area contributed by atoms with Crippen molar-refractivity contribution in [2.45, 2.75) is 25.0 Å². The summed E-state index contributed by atoms with van der Waals surface area (Å²) in [6, 6.07) is 19.2. The number of aliphatic imine (C=N–C) groups is 1. The number of nitrogens with zero attached hydrogens (tertiary/aromatic N) is 2. The molecule has 1 fully saturated rings. The van der Waals surface area contributed by atoms with Gasteiger partial charge in [-0.25, -0.2) is 9.79 Å². The molecule has 10 nitrogen and oxygen atoms in total. The lowest BCUT2D eigenvalue weighted by molar-refractivity contribution is -0.129. The van der Waals surface area contributed by atoms with E-state index in [0.29, 0.717) is 52.3 Å². The van der Waals surface area contributed by atoms with Gasteiger partial charge in [0.05, 0.1) is 39.2 Å². The minimum absolute atomic E-state index is 0.00494. The fraction of sp³-hybridized carbons (Fsp3) is 0.290. The maximum atomic E-state index is 13.4. The smallest absolute Gasteiger partial charge is 0.338 e. The lowest BCUT2D eigenvalue weighted by Crippen LogP contribution is -2.46. The molecule has 1 unspecified atom stereocenters. The van der Waals surface area contributed by atoms with Gasteiger partial charge in [-0.3, -0.25) is 14.5 Å². The average molecular weight is 592 g/mol. The van der Waals surface area contributed by atoms with Gasteiger partial charge in [0, 0.05) is 18.7 Å². The van der Waals surface area contributed by atoms with Crippen LogP contribution in [0.5, 0.6) is 17.2 Å². The molecular weight excluding hydrogens is 558 g/mol. The molecule has 4 rings (SSSR count). The minimum atomic E-state index is -0.698. The van der Waals surface area contributed by atoms with E-state index in [1.807, 2.05) is 18.2 Å². The van der Waals surface area contributed by atoms with E-state index in [0.717, 1.165) is 5.56 Å². The van der Waals surface area contributed by atoms with Crippen molar-refractivity contribution >= 4 is 46.1 Å². The number of hydrogen-bond donors (Lipinski definition) is 1. The number of carbonyl (C=O) groups is 3. The fourth-order valence-electron chi connectivity index (χ4n) is 4.23. The second-order valence-electron chi connectivity index (χ2n) is 9.17. The Morgan fingerprint density at radius 3 is 2.31 bits per heavy atom. The summed E-state index contributed by atoms with van der Waals surface area (Å²) in [6.45, 7) is 2.37. The lowest BCUT2D eigenvalue weighted by Gasteiger charge is -2.32. The number of thioether (sulfide) groups is 1. The van der Waals surface area contributed by atoms with E-state index in [1.165, 1.54) is 11.8 Å². The highest BCUT2D eigenvalue weighted by Crippen LogP contribution is 2.32. The Labute approximate surface area is 249 Å². The fourth-order valence-corrected chi connectivity index (χ4v) is 5.36. The van der Waals surface area contributed by atoms with Gasteiger partial charge in [0.2, 0.25) is 11.8 Å². The van der Waals surface area contributed by atoms with Gasteiger partial charge in [-0.1, -0.05) is 17.8 Å². The summed E-state index contributed by atoms with van der Waals surface area (Å²) in [5.41, 5.74) is 2.47. The second-order valence-corrected chi connectivity index (χ2v) is 10.3. The van der Waals surface area contributed by atoms with E-state index >= 15 is 0 Å². The normalized spacial score (nSPS) is 15.7. The second kappa shape index (κ2) is 14.4. The largest absolute Gasteiger partial charge is 0.497 e. The number of amidine groups is 1. The van der Waals surface area contributed by atoms with Crippen molar-refractivity contribution < 1.29 is 33.3 Å². The predicted octanol–water partition coefficient (Wildman–Crippen LogP) is 5.09. The Kier molecular flexibility index (Phi) is 10.4. The van der Waals surface area contributed by atoms with Crippen LogP contribution in [0.1, 0.15) is 29.3 Å². The average Bonchev–Trinajstić information content (AvgIpc) is 3.01. The summed E-state index contributed by atoms with van der Waals surface area (Å²) >= 11 is 1.23. The first-order valence-electron chi connectivity index (χ1n) is 13.3. The van der Waals surface area contributed by atoms with Crippen LogP contribution in [0.4, 0.5) is 11.4 Å². The first-order chi connectivity index (χ1) is 20.3. The van der Waals surface area contributed by atoms with Crippen molar-refractivity contribution in [2.24, 2.45) is 4.99 Å². The Morgan fingerprint density at radius 2 is 1.67 bits per heavy atom. The van der Waals surface area contributed by atoms with Crippen LogP contribution in [0, 0.1) is 0 Å². The third-order valence-electron chi connectivity index (χ3n) is 6.46. The summed E-state index contributed by atoms with van der Waals surface area (Å²) in [4.78, 5) is 45.0. The highest BCUT2D eigenvalue weighted by Gasteiger charge is 2.36. The molecule has 1 atom stereocenters. The van der Waals surface area contributed by atoms with E-state index in [2.05, 4.69) is 5.32 Å². The van der Waals surface area contributed by atoms with Crippen LogP contribution in [0.3, 0.4) is 0 Å². The molecule has 1 N–H and O–H groups in total. The monoisotopic (exact) mass is 591 g/mol. The quantitative estimate of drug-likeness (QED) is 0.307. The Bertz CT molecular complexity index is 1440. The van der Waals surface area contributed by atoms with Gasteiger partial charge >= 0.3 is 5.97 Å². The molecule has 0 aliphatic carbocycles. The number of nitrogens with one attached hydrogen (secondary N) is 1. The number of methoxy groups -OCH3 is 3. The third-order valence-corrected chi connectivity index (χ3v) is 7.65. The van der Waals surface area contributed by atoms with E-state index in [4.69, 9.17) is 23.9 Å². The van der Waals surface area contributed by atoms with Gasteiger partial charge in [-0.2, -0.15) is 0 Å². The summed E-state index contributed by atoms with van der Waals surface area (Å²) in [5.74, 6) is 0.934. The summed E-state index contributed by atoms with van der Waals surface area (Å²) in [6.07, 6.45) is 0.545. The number of rotatable bonds is 11. The number of amides is 2.